The standard InChI is InChI=1S/C24H32N4O3.HI/c1-17-7-8-21(22(11-17)31-16-19-9-10-30-15-19)14-28-24(26-3)27-13-18-5-4-6-20(12-18)23(29)25-2;/h4-8,11-12,19H,9-10,13-16H2,1-3H3,(H,25,29)(H2,26,27,28);1H. The van der Waals surface area contributed by atoms with Gasteiger partial charge in [-0.05, 0) is 42.7 Å². The summed E-state index contributed by atoms with van der Waals surface area (Å²) in [4.78, 5) is 16.1. The molecule has 0 spiro atoms. The Morgan fingerprint density at radius 2 is 2.00 bits per heavy atom. The molecule has 1 fully saturated rings. The maximum atomic E-state index is 11.8. The zero-order valence-corrected chi connectivity index (χ0v) is 21.3. The summed E-state index contributed by atoms with van der Waals surface area (Å²) in [5.41, 5.74) is 3.88. The fourth-order valence-electron chi connectivity index (χ4n) is 3.42. The summed E-state index contributed by atoms with van der Waals surface area (Å²) in [7, 11) is 3.37. The van der Waals surface area contributed by atoms with E-state index in [1.165, 1.54) is 5.56 Å². The number of carbonyl (C=O) groups excluding carboxylic acids is 1. The Morgan fingerprint density at radius 3 is 2.72 bits per heavy atom. The van der Waals surface area contributed by atoms with Crippen molar-refractivity contribution in [1.29, 1.82) is 0 Å². The van der Waals surface area contributed by atoms with E-state index in [9.17, 15) is 4.79 Å². The minimum absolute atomic E-state index is 0. The predicted octanol–water partition coefficient (Wildman–Crippen LogP) is 3.25. The van der Waals surface area contributed by atoms with E-state index in [0.29, 0.717) is 37.1 Å². The van der Waals surface area contributed by atoms with Gasteiger partial charge in [-0.2, -0.15) is 0 Å². The fraction of sp³-hybridized carbons (Fsp3) is 0.417. The zero-order valence-electron chi connectivity index (χ0n) is 18.9. The lowest BCUT2D eigenvalue weighted by atomic mass is 10.1. The molecule has 1 heterocycles. The first-order chi connectivity index (χ1) is 15.1. The predicted molar refractivity (Wildman–Crippen MR) is 138 cm³/mol. The van der Waals surface area contributed by atoms with Gasteiger partial charge < -0.3 is 25.4 Å². The van der Waals surface area contributed by atoms with Gasteiger partial charge >= 0.3 is 0 Å². The second-order valence-corrected chi connectivity index (χ2v) is 7.71. The van der Waals surface area contributed by atoms with Gasteiger partial charge in [0.25, 0.3) is 5.91 Å². The molecule has 3 rings (SSSR count). The molecule has 32 heavy (non-hydrogen) atoms. The minimum Gasteiger partial charge on any atom is -0.493 e. The van der Waals surface area contributed by atoms with Gasteiger partial charge in [-0.3, -0.25) is 9.79 Å². The monoisotopic (exact) mass is 552 g/mol. The van der Waals surface area contributed by atoms with Gasteiger partial charge in [-0.25, -0.2) is 0 Å². The smallest absolute Gasteiger partial charge is 0.251 e. The highest BCUT2D eigenvalue weighted by molar-refractivity contribution is 14.0. The molecule has 174 valence electrons. The van der Waals surface area contributed by atoms with Gasteiger partial charge in [-0.15, -0.1) is 24.0 Å². The molecule has 7 nitrogen and oxygen atoms in total. The summed E-state index contributed by atoms with van der Waals surface area (Å²) in [5.74, 6) is 1.94. The number of amides is 1. The molecule has 0 aliphatic carbocycles. The van der Waals surface area contributed by atoms with Crippen LogP contribution in [0.25, 0.3) is 0 Å². The minimum atomic E-state index is -0.0968. The molecule has 0 bridgehead atoms. The van der Waals surface area contributed by atoms with Crippen molar-refractivity contribution in [3.8, 4) is 5.75 Å². The molecular formula is C24H33IN4O3. The number of aryl methyl sites for hydroxylation is 1. The molecule has 1 aliphatic heterocycles. The van der Waals surface area contributed by atoms with Crippen LogP contribution in [-0.4, -0.2) is 45.8 Å². The molecule has 1 amide bonds. The lowest BCUT2D eigenvalue weighted by Crippen LogP contribution is -2.36. The van der Waals surface area contributed by atoms with Crippen molar-refractivity contribution in [2.24, 2.45) is 10.9 Å². The van der Waals surface area contributed by atoms with Crippen LogP contribution in [0.4, 0.5) is 0 Å². The van der Waals surface area contributed by atoms with Crippen LogP contribution in [0.5, 0.6) is 5.75 Å². The molecule has 1 aliphatic rings. The quantitative estimate of drug-likeness (QED) is 0.266. The van der Waals surface area contributed by atoms with Crippen molar-refractivity contribution in [2.45, 2.75) is 26.4 Å². The number of hydrogen-bond donors (Lipinski definition) is 3. The van der Waals surface area contributed by atoms with E-state index >= 15 is 0 Å². The van der Waals surface area contributed by atoms with Gasteiger partial charge in [0, 0.05) is 50.8 Å². The number of hydrogen-bond acceptors (Lipinski definition) is 4. The normalized spacial score (nSPS) is 15.6. The fourth-order valence-corrected chi connectivity index (χ4v) is 3.42. The summed E-state index contributed by atoms with van der Waals surface area (Å²) in [6.07, 6.45) is 1.05. The van der Waals surface area contributed by atoms with Crippen molar-refractivity contribution in [1.82, 2.24) is 16.0 Å². The molecule has 3 N–H and O–H groups in total. The summed E-state index contributed by atoms with van der Waals surface area (Å²) in [6.45, 7) is 5.49. The highest BCUT2D eigenvalue weighted by atomic mass is 127. The Labute approximate surface area is 207 Å². The summed E-state index contributed by atoms with van der Waals surface area (Å²) in [6, 6.07) is 13.8. The Balaban J connectivity index is 0.00000363. The highest BCUT2D eigenvalue weighted by Crippen LogP contribution is 2.22. The Hall–Kier alpha value is -2.33. The van der Waals surface area contributed by atoms with Crippen molar-refractivity contribution in [3.63, 3.8) is 0 Å². The van der Waals surface area contributed by atoms with Crippen molar-refractivity contribution < 1.29 is 14.3 Å². The number of nitrogens with zero attached hydrogens (tertiary/aromatic N) is 1. The molecule has 1 atom stereocenters. The molecule has 2 aromatic rings. The SMILES string of the molecule is CN=C(NCc1cccc(C(=O)NC)c1)NCc1ccc(C)cc1OCC1CCOC1.I. The Kier molecular flexibility index (Phi) is 10.8. The van der Waals surface area contributed by atoms with E-state index in [1.807, 2.05) is 18.2 Å². The number of guanidine groups is 1. The van der Waals surface area contributed by atoms with Crippen LogP contribution in [0.3, 0.4) is 0 Å². The third kappa shape index (κ3) is 7.67. The lowest BCUT2D eigenvalue weighted by molar-refractivity contribution is 0.0963. The van der Waals surface area contributed by atoms with Crippen molar-refractivity contribution in [3.05, 3.63) is 64.7 Å². The first-order valence-corrected chi connectivity index (χ1v) is 10.6. The second-order valence-electron chi connectivity index (χ2n) is 7.71. The third-order valence-electron chi connectivity index (χ3n) is 5.27. The number of nitrogens with one attached hydrogen (secondary N) is 3. The average molecular weight is 552 g/mol. The summed E-state index contributed by atoms with van der Waals surface area (Å²) in [5, 5.41) is 9.29. The first kappa shape index (κ1) is 25.9. The van der Waals surface area contributed by atoms with E-state index in [-0.39, 0.29) is 29.9 Å². The number of aliphatic imine (C=N–C) groups is 1. The number of rotatable bonds is 8. The highest BCUT2D eigenvalue weighted by Gasteiger charge is 2.17. The van der Waals surface area contributed by atoms with Crippen LogP contribution in [-0.2, 0) is 17.8 Å². The van der Waals surface area contributed by atoms with Gasteiger partial charge in [0.15, 0.2) is 5.96 Å². The molecule has 0 radical (unpaired) electrons. The van der Waals surface area contributed by atoms with Gasteiger partial charge in [0.2, 0.25) is 0 Å². The zero-order chi connectivity index (χ0) is 22.1. The van der Waals surface area contributed by atoms with E-state index < -0.39 is 0 Å². The largest absolute Gasteiger partial charge is 0.493 e. The summed E-state index contributed by atoms with van der Waals surface area (Å²) >= 11 is 0. The molecule has 2 aromatic carbocycles. The Bertz CT molecular complexity index is 914. The van der Waals surface area contributed by atoms with Gasteiger partial charge in [0.05, 0.1) is 13.2 Å². The van der Waals surface area contributed by atoms with E-state index in [1.54, 1.807) is 20.2 Å². The molecule has 1 saturated heterocycles. The summed E-state index contributed by atoms with van der Waals surface area (Å²) < 4.78 is 11.6. The van der Waals surface area contributed by atoms with Crippen molar-refractivity contribution >= 4 is 35.8 Å². The van der Waals surface area contributed by atoms with E-state index in [4.69, 9.17) is 9.47 Å². The number of halogens is 1. The third-order valence-corrected chi connectivity index (χ3v) is 5.27. The first-order valence-electron chi connectivity index (χ1n) is 10.6. The van der Waals surface area contributed by atoms with Crippen molar-refractivity contribution in [2.75, 3.05) is 33.9 Å². The van der Waals surface area contributed by atoms with Gasteiger partial charge in [-0.1, -0.05) is 24.3 Å². The average Bonchev–Trinajstić information content (AvgIpc) is 3.32. The molecule has 8 heteroatoms. The maximum absolute atomic E-state index is 11.8. The second kappa shape index (κ2) is 13.3. The van der Waals surface area contributed by atoms with Crippen LogP contribution in [0.2, 0.25) is 0 Å². The lowest BCUT2D eigenvalue weighted by Gasteiger charge is -2.17. The van der Waals surface area contributed by atoms with E-state index in [2.05, 4.69) is 46.1 Å². The molecule has 0 saturated carbocycles. The molecule has 0 aromatic heterocycles. The maximum Gasteiger partial charge on any atom is 0.251 e. The Morgan fingerprint density at radius 1 is 1.19 bits per heavy atom. The van der Waals surface area contributed by atoms with Crippen LogP contribution < -0.4 is 20.7 Å². The van der Waals surface area contributed by atoms with Crippen LogP contribution in [0, 0.1) is 12.8 Å². The van der Waals surface area contributed by atoms with Crippen LogP contribution >= 0.6 is 24.0 Å². The van der Waals surface area contributed by atoms with Gasteiger partial charge in [0.1, 0.15) is 5.75 Å². The number of carbonyl (C=O) groups is 1. The number of ether oxygens (including phenoxy) is 2. The van der Waals surface area contributed by atoms with Crippen LogP contribution in [0.15, 0.2) is 47.5 Å². The van der Waals surface area contributed by atoms with Crippen LogP contribution in [0.1, 0.15) is 33.5 Å². The molecular weight excluding hydrogens is 519 g/mol. The number of benzene rings is 2. The molecule has 1 unspecified atom stereocenters. The topological polar surface area (TPSA) is 84.0 Å². The van der Waals surface area contributed by atoms with E-state index in [0.717, 1.165) is 36.5 Å².